The summed E-state index contributed by atoms with van der Waals surface area (Å²) in [5.74, 6) is 0.324. The Kier molecular flexibility index (Phi) is 4.10. The van der Waals surface area contributed by atoms with Crippen molar-refractivity contribution < 1.29 is 22.3 Å². The molecule has 1 aliphatic heterocycles. The lowest BCUT2D eigenvalue weighted by molar-refractivity contribution is -0.274. The molecule has 0 saturated heterocycles. The van der Waals surface area contributed by atoms with E-state index in [1.807, 2.05) is 19.1 Å². The Balaban J connectivity index is 1.75. The number of halogens is 3. The summed E-state index contributed by atoms with van der Waals surface area (Å²) in [6, 6.07) is 7.56. The first-order valence-corrected chi connectivity index (χ1v) is 8.11. The van der Waals surface area contributed by atoms with Crippen molar-refractivity contribution in [2.75, 3.05) is 6.54 Å². The van der Waals surface area contributed by atoms with Gasteiger partial charge in [0, 0.05) is 23.3 Å². The van der Waals surface area contributed by atoms with Gasteiger partial charge in [0.25, 0.3) is 0 Å². The van der Waals surface area contributed by atoms with E-state index in [1.165, 1.54) is 18.2 Å². The van der Waals surface area contributed by atoms with E-state index in [0.717, 1.165) is 16.7 Å². The summed E-state index contributed by atoms with van der Waals surface area (Å²) in [7, 11) is 0. The lowest BCUT2D eigenvalue weighted by Gasteiger charge is -2.10. The fraction of sp³-hybridized carbons (Fsp3) is 0.158. The van der Waals surface area contributed by atoms with E-state index in [1.54, 1.807) is 18.5 Å². The minimum Gasteiger partial charge on any atom is -0.456 e. The normalized spacial score (nSPS) is 15.9. The molecule has 0 radical (unpaired) electrons. The van der Waals surface area contributed by atoms with Gasteiger partial charge in [0.15, 0.2) is 0 Å². The Bertz CT molecular complexity index is 1070. The van der Waals surface area contributed by atoms with Gasteiger partial charge in [0.1, 0.15) is 17.1 Å². The molecule has 1 aliphatic rings. The molecule has 0 atom stereocenters. The smallest absolute Gasteiger partial charge is 0.456 e. The number of hydrazone groups is 1. The van der Waals surface area contributed by atoms with Crippen molar-refractivity contribution in [2.24, 2.45) is 5.10 Å². The molecule has 1 aromatic carbocycles. The molecule has 138 valence electrons. The average molecular weight is 373 g/mol. The number of benzene rings is 1. The fourth-order valence-electron chi connectivity index (χ4n) is 2.89. The van der Waals surface area contributed by atoms with E-state index < -0.39 is 6.36 Å². The minimum absolute atomic E-state index is 0.297. The highest BCUT2D eigenvalue weighted by Gasteiger charge is 2.31. The van der Waals surface area contributed by atoms with Crippen LogP contribution in [0.2, 0.25) is 0 Å². The first-order chi connectivity index (χ1) is 12.9. The Labute approximate surface area is 152 Å². The number of pyridine rings is 1. The second kappa shape index (κ2) is 6.46. The molecule has 0 unspecified atom stereocenters. The van der Waals surface area contributed by atoms with Gasteiger partial charge in [-0.05, 0) is 42.3 Å². The predicted octanol–water partition coefficient (Wildman–Crippen LogP) is 4.76. The first kappa shape index (κ1) is 17.1. The van der Waals surface area contributed by atoms with Crippen LogP contribution in [0.4, 0.5) is 13.2 Å². The van der Waals surface area contributed by atoms with Gasteiger partial charge in [-0.15, -0.1) is 13.2 Å². The van der Waals surface area contributed by atoms with E-state index in [4.69, 9.17) is 4.42 Å². The maximum atomic E-state index is 12.5. The number of hydrogen-bond acceptors (Lipinski definition) is 5. The molecular formula is C19H14F3N3O2. The molecule has 0 bridgehead atoms. The van der Waals surface area contributed by atoms with Gasteiger partial charge < -0.3 is 14.6 Å². The Morgan fingerprint density at radius 2 is 2.07 bits per heavy atom. The molecule has 1 N–H and O–H groups in total. The van der Waals surface area contributed by atoms with Crippen molar-refractivity contribution in [1.82, 2.24) is 10.4 Å². The SMILES string of the molecule is CC1=NNC/C1=C\c1cc2cncc(-c3cccc(OC(F)(F)F)c3)c2o1. The van der Waals surface area contributed by atoms with Crippen molar-refractivity contribution in [2.45, 2.75) is 13.3 Å². The third kappa shape index (κ3) is 3.64. The summed E-state index contributed by atoms with van der Waals surface area (Å²) in [4.78, 5) is 4.17. The van der Waals surface area contributed by atoms with Gasteiger partial charge >= 0.3 is 6.36 Å². The van der Waals surface area contributed by atoms with Crippen molar-refractivity contribution in [1.29, 1.82) is 0 Å². The Morgan fingerprint density at radius 3 is 2.81 bits per heavy atom. The molecule has 4 rings (SSSR count). The maximum Gasteiger partial charge on any atom is 0.573 e. The van der Waals surface area contributed by atoms with Gasteiger partial charge in [0.2, 0.25) is 0 Å². The number of alkyl halides is 3. The van der Waals surface area contributed by atoms with Crippen LogP contribution in [-0.2, 0) is 0 Å². The summed E-state index contributed by atoms with van der Waals surface area (Å²) in [5.41, 5.74) is 6.43. The molecule has 8 heteroatoms. The maximum absolute atomic E-state index is 12.5. The number of furan rings is 1. The molecule has 3 heterocycles. The molecule has 0 fully saturated rings. The summed E-state index contributed by atoms with van der Waals surface area (Å²) in [5, 5.41) is 4.86. The third-order valence-electron chi connectivity index (χ3n) is 4.12. The van der Waals surface area contributed by atoms with Crippen molar-refractivity contribution >= 4 is 22.8 Å². The number of ether oxygens (including phenoxy) is 1. The van der Waals surface area contributed by atoms with Crippen LogP contribution in [0.15, 0.2) is 57.8 Å². The number of nitrogens with zero attached hydrogens (tertiary/aromatic N) is 2. The summed E-state index contributed by atoms with van der Waals surface area (Å²) in [6.45, 7) is 2.51. The molecular weight excluding hydrogens is 359 g/mol. The number of nitrogens with one attached hydrogen (secondary N) is 1. The first-order valence-electron chi connectivity index (χ1n) is 8.11. The molecule has 3 aromatic rings. The topological polar surface area (TPSA) is 59.7 Å². The van der Waals surface area contributed by atoms with E-state index in [-0.39, 0.29) is 5.75 Å². The van der Waals surface area contributed by atoms with Crippen molar-refractivity contribution in [3.8, 4) is 16.9 Å². The molecule has 5 nitrogen and oxygen atoms in total. The van der Waals surface area contributed by atoms with Crippen LogP contribution in [0.3, 0.4) is 0 Å². The summed E-state index contributed by atoms with van der Waals surface area (Å²) >= 11 is 0. The van der Waals surface area contributed by atoms with Gasteiger partial charge in [0.05, 0.1) is 12.3 Å². The fourth-order valence-corrected chi connectivity index (χ4v) is 2.89. The minimum atomic E-state index is -4.75. The van der Waals surface area contributed by atoms with Crippen LogP contribution >= 0.6 is 0 Å². The highest BCUT2D eigenvalue weighted by molar-refractivity contribution is 6.04. The van der Waals surface area contributed by atoms with Crippen LogP contribution in [0.5, 0.6) is 5.75 Å². The summed E-state index contributed by atoms with van der Waals surface area (Å²) < 4.78 is 47.4. The monoisotopic (exact) mass is 373 g/mol. The predicted molar refractivity (Wildman–Crippen MR) is 95.2 cm³/mol. The highest BCUT2D eigenvalue weighted by atomic mass is 19.4. The van der Waals surface area contributed by atoms with E-state index in [9.17, 15) is 13.2 Å². The Hall–Kier alpha value is -3.29. The summed E-state index contributed by atoms with van der Waals surface area (Å²) in [6.07, 6.45) is 0.334. The standard InChI is InChI=1S/C19H14F3N3O2/c1-11-13(9-24-25-11)6-16-7-14-8-23-10-17(18(14)26-16)12-3-2-4-15(5-12)27-19(20,21)22/h2-8,10,24H,9H2,1H3/b13-6+. The molecule has 0 amide bonds. The zero-order chi connectivity index (χ0) is 19.0. The Morgan fingerprint density at radius 1 is 1.22 bits per heavy atom. The average Bonchev–Trinajstić information content (AvgIpc) is 3.19. The van der Waals surface area contributed by atoms with Gasteiger partial charge in [-0.25, -0.2) is 0 Å². The second-order valence-corrected chi connectivity index (χ2v) is 6.03. The quantitative estimate of drug-likeness (QED) is 0.719. The molecule has 0 spiro atoms. The van der Waals surface area contributed by atoms with E-state index in [0.29, 0.717) is 29.0 Å². The van der Waals surface area contributed by atoms with Gasteiger partial charge in [-0.1, -0.05) is 12.1 Å². The lowest BCUT2D eigenvalue weighted by Crippen LogP contribution is -2.17. The number of aromatic nitrogens is 1. The highest BCUT2D eigenvalue weighted by Crippen LogP contribution is 2.33. The van der Waals surface area contributed by atoms with Crippen LogP contribution in [0, 0.1) is 0 Å². The zero-order valence-corrected chi connectivity index (χ0v) is 14.2. The molecule has 0 aliphatic carbocycles. The molecule has 0 saturated carbocycles. The van der Waals surface area contributed by atoms with Crippen LogP contribution in [0.25, 0.3) is 28.2 Å². The zero-order valence-electron chi connectivity index (χ0n) is 14.2. The van der Waals surface area contributed by atoms with E-state index in [2.05, 4.69) is 20.2 Å². The van der Waals surface area contributed by atoms with Gasteiger partial charge in [-0.2, -0.15) is 5.10 Å². The molecule has 2 aromatic heterocycles. The van der Waals surface area contributed by atoms with E-state index >= 15 is 0 Å². The number of hydrogen-bond donors (Lipinski definition) is 1. The van der Waals surface area contributed by atoms with Crippen LogP contribution < -0.4 is 10.2 Å². The van der Waals surface area contributed by atoms with Crippen molar-refractivity contribution in [3.05, 3.63) is 54.1 Å². The number of fused-ring (bicyclic) bond motifs is 1. The van der Waals surface area contributed by atoms with Crippen LogP contribution in [0.1, 0.15) is 12.7 Å². The number of rotatable bonds is 3. The third-order valence-corrected chi connectivity index (χ3v) is 4.12. The molecule has 27 heavy (non-hydrogen) atoms. The van der Waals surface area contributed by atoms with Crippen LogP contribution in [-0.4, -0.2) is 23.6 Å². The largest absolute Gasteiger partial charge is 0.573 e. The lowest BCUT2D eigenvalue weighted by atomic mass is 10.1. The second-order valence-electron chi connectivity index (χ2n) is 6.03. The van der Waals surface area contributed by atoms with Crippen molar-refractivity contribution in [3.63, 3.8) is 0 Å². The van der Waals surface area contributed by atoms with Gasteiger partial charge in [-0.3, -0.25) is 4.98 Å².